The number of hydrogen-bond acceptors (Lipinski definition) is 6. The second-order valence-corrected chi connectivity index (χ2v) is 6.38. The van der Waals surface area contributed by atoms with Crippen LogP contribution in [-0.4, -0.2) is 50.6 Å². The van der Waals surface area contributed by atoms with Gasteiger partial charge in [-0.05, 0) is 31.5 Å². The summed E-state index contributed by atoms with van der Waals surface area (Å²) >= 11 is 0. The number of hydrogen-bond donors (Lipinski definition) is 2. The van der Waals surface area contributed by atoms with E-state index in [4.69, 9.17) is 5.73 Å². The fourth-order valence-corrected chi connectivity index (χ4v) is 2.58. The zero-order chi connectivity index (χ0) is 20.3. The first-order valence-corrected chi connectivity index (χ1v) is 8.83. The summed E-state index contributed by atoms with van der Waals surface area (Å²) in [7, 11) is 1.62. The highest BCUT2D eigenvalue weighted by atomic mass is 16.3. The number of nitrogen functional groups attached to an aromatic ring is 1. The molecule has 0 bridgehead atoms. The summed E-state index contributed by atoms with van der Waals surface area (Å²) in [4.78, 5) is 26.4. The number of fused-ring (bicyclic) bond motifs is 1. The third kappa shape index (κ3) is 3.92. The van der Waals surface area contributed by atoms with E-state index in [0.717, 1.165) is 16.5 Å². The van der Waals surface area contributed by atoms with Crippen LogP contribution in [0.4, 0.5) is 5.82 Å². The van der Waals surface area contributed by atoms with Crippen LogP contribution in [0.1, 0.15) is 18.1 Å². The average Bonchev–Trinajstić information content (AvgIpc) is 2.72. The van der Waals surface area contributed by atoms with E-state index in [1.54, 1.807) is 25.5 Å². The maximum Gasteiger partial charge on any atom is 0.263 e. The number of aromatic nitrogens is 3. The second-order valence-electron chi connectivity index (χ2n) is 6.38. The molecule has 3 N–H and O–H groups in total. The van der Waals surface area contributed by atoms with Crippen molar-refractivity contribution in [1.29, 1.82) is 0 Å². The summed E-state index contributed by atoms with van der Waals surface area (Å²) < 4.78 is 0. The number of nitrogens with two attached hydrogens (primary N) is 1. The monoisotopic (exact) mass is 375 g/mol. The Bertz CT molecular complexity index is 1100. The number of rotatable bonds is 3. The molecule has 7 nitrogen and oxygen atoms in total. The molecule has 0 aliphatic carbocycles. The maximum atomic E-state index is 12.0. The number of anilines is 1. The van der Waals surface area contributed by atoms with E-state index in [9.17, 15) is 9.90 Å². The molecule has 1 amide bonds. The smallest absolute Gasteiger partial charge is 0.263 e. The number of likely N-dealkylation sites (N-methyl/N-ethyl adjacent to an activating group) is 1. The van der Waals surface area contributed by atoms with Gasteiger partial charge in [0.05, 0.1) is 0 Å². The maximum absolute atomic E-state index is 12.0. The van der Waals surface area contributed by atoms with Crippen LogP contribution in [0.5, 0.6) is 0 Å². The molecule has 3 aromatic rings. The molecular weight excluding hydrogens is 354 g/mol. The number of carbonyl (C=O) groups excluding carboxylic acids is 1. The summed E-state index contributed by atoms with van der Waals surface area (Å²) in [6.45, 7) is 4.24. The Kier molecular flexibility index (Phi) is 5.52. The van der Waals surface area contributed by atoms with Crippen molar-refractivity contribution in [1.82, 2.24) is 19.9 Å². The first-order chi connectivity index (χ1) is 13.4. The van der Waals surface area contributed by atoms with Crippen LogP contribution in [0.25, 0.3) is 22.3 Å². The van der Waals surface area contributed by atoms with Crippen LogP contribution in [0.2, 0.25) is 0 Å². The van der Waals surface area contributed by atoms with Gasteiger partial charge >= 0.3 is 0 Å². The van der Waals surface area contributed by atoms with Gasteiger partial charge in [0.15, 0.2) is 11.9 Å². The largest absolute Gasteiger partial charge is 0.382 e. The van der Waals surface area contributed by atoms with Gasteiger partial charge in [0, 0.05) is 42.5 Å². The number of carbonyl (C=O) groups is 1. The number of amides is 1. The fraction of sp³-hybridized carbons (Fsp3) is 0.238. The van der Waals surface area contributed by atoms with Crippen molar-refractivity contribution in [3.05, 3.63) is 47.8 Å². The quantitative estimate of drug-likeness (QED) is 0.676. The van der Waals surface area contributed by atoms with Gasteiger partial charge in [-0.1, -0.05) is 24.0 Å². The van der Waals surface area contributed by atoms with Crippen LogP contribution >= 0.6 is 0 Å². The SMILES string of the molecule is CCN(C)C(=O)[C@H](O)C#Cc1cc(-c2ncc3ccnc(N)c3n2)ccc1C. The van der Waals surface area contributed by atoms with Crippen molar-refractivity contribution in [3.8, 4) is 23.2 Å². The zero-order valence-corrected chi connectivity index (χ0v) is 16.0. The molecule has 0 aliphatic heterocycles. The number of benzene rings is 1. The van der Waals surface area contributed by atoms with Crippen molar-refractivity contribution in [2.45, 2.75) is 20.0 Å². The molecule has 1 atom stereocenters. The lowest BCUT2D eigenvalue weighted by Crippen LogP contribution is -2.35. The standard InChI is InChI=1S/C21H21N5O2/c1-4-26(3)21(28)17(27)8-7-14-11-15(6-5-13(14)2)20-24-12-16-9-10-23-19(22)18(16)25-20/h5-6,9-12,17,27H,4H2,1-3H3,(H2,22,23)/t17-/m1/s1. The predicted molar refractivity (Wildman–Crippen MR) is 108 cm³/mol. The summed E-state index contributed by atoms with van der Waals surface area (Å²) in [5.41, 5.74) is 8.86. The van der Waals surface area contributed by atoms with E-state index < -0.39 is 12.0 Å². The number of nitrogens with zero attached hydrogens (tertiary/aromatic N) is 4. The Morgan fingerprint density at radius 2 is 2.11 bits per heavy atom. The average molecular weight is 375 g/mol. The minimum Gasteiger partial charge on any atom is -0.382 e. The van der Waals surface area contributed by atoms with Crippen molar-refractivity contribution in [3.63, 3.8) is 0 Å². The molecular formula is C21H21N5O2. The lowest BCUT2D eigenvalue weighted by molar-refractivity contribution is -0.135. The van der Waals surface area contributed by atoms with Crippen molar-refractivity contribution in [2.24, 2.45) is 0 Å². The third-order valence-electron chi connectivity index (χ3n) is 4.45. The lowest BCUT2D eigenvalue weighted by Gasteiger charge is -2.15. The number of aliphatic hydroxyl groups is 1. The van der Waals surface area contributed by atoms with Gasteiger partial charge < -0.3 is 15.7 Å². The summed E-state index contributed by atoms with van der Waals surface area (Å²) in [6, 6.07) is 7.41. The third-order valence-corrected chi connectivity index (χ3v) is 4.45. The topological polar surface area (TPSA) is 105 Å². The summed E-state index contributed by atoms with van der Waals surface area (Å²) in [6.07, 6.45) is 1.95. The zero-order valence-electron chi connectivity index (χ0n) is 16.0. The van der Waals surface area contributed by atoms with E-state index in [1.807, 2.05) is 32.0 Å². The molecule has 0 radical (unpaired) electrons. The van der Waals surface area contributed by atoms with Gasteiger partial charge in [-0.3, -0.25) is 4.79 Å². The van der Waals surface area contributed by atoms with E-state index >= 15 is 0 Å². The molecule has 3 rings (SSSR count). The second kappa shape index (κ2) is 8.03. The molecule has 0 unspecified atom stereocenters. The highest BCUT2D eigenvalue weighted by molar-refractivity contribution is 5.87. The van der Waals surface area contributed by atoms with Crippen molar-refractivity contribution >= 4 is 22.6 Å². The lowest BCUT2D eigenvalue weighted by atomic mass is 10.0. The van der Waals surface area contributed by atoms with Crippen LogP contribution in [0.15, 0.2) is 36.7 Å². The highest BCUT2D eigenvalue weighted by Crippen LogP contribution is 2.22. The number of pyridine rings is 1. The number of aliphatic hydroxyl groups excluding tert-OH is 1. The van der Waals surface area contributed by atoms with Gasteiger partial charge in [-0.2, -0.15) is 0 Å². The van der Waals surface area contributed by atoms with Crippen LogP contribution < -0.4 is 5.73 Å². The molecule has 1 aromatic carbocycles. The molecule has 0 aliphatic rings. The number of aryl methyl sites for hydroxylation is 1. The highest BCUT2D eigenvalue weighted by Gasteiger charge is 2.15. The van der Waals surface area contributed by atoms with E-state index in [2.05, 4.69) is 26.8 Å². The van der Waals surface area contributed by atoms with Crippen molar-refractivity contribution in [2.75, 3.05) is 19.3 Å². The Morgan fingerprint density at radius 1 is 1.32 bits per heavy atom. The molecule has 2 aromatic heterocycles. The summed E-state index contributed by atoms with van der Waals surface area (Å²) in [5.74, 6) is 5.92. The molecule has 0 fully saturated rings. The Morgan fingerprint density at radius 3 is 2.86 bits per heavy atom. The molecule has 0 saturated carbocycles. The molecule has 2 heterocycles. The van der Waals surface area contributed by atoms with Gasteiger partial charge in [-0.25, -0.2) is 15.0 Å². The van der Waals surface area contributed by atoms with E-state index in [0.29, 0.717) is 29.3 Å². The first-order valence-electron chi connectivity index (χ1n) is 8.83. The fourth-order valence-electron chi connectivity index (χ4n) is 2.58. The predicted octanol–water partition coefficient (Wildman–Crippen LogP) is 1.77. The summed E-state index contributed by atoms with van der Waals surface area (Å²) in [5, 5.41) is 10.8. The minimum atomic E-state index is -1.37. The molecule has 28 heavy (non-hydrogen) atoms. The Labute approximate surface area is 163 Å². The minimum absolute atomic E-state index is 0.343. The Hall–Kier alpha value is -3.50. The van der Waals surface area contributed by atoms with Crippen molar-refractivity contribution < 1.29 is 9.90 Å². The molecule has 7 heteroatoms. The molecule has 142 valence electrons. The molecule has 0 saturated heterocycles. The van der Waals surface area contributed by atoms with Gasteiger partial charge in [0.1, 0.15) is 11.3 Å². The first kappa shape index (κ1) is 19.3. The van der Waals surface area contributed by atoms with E-state index in [-0.39, 0.29) is 0 Å². The van der Waals surface area contributed by atoms with Crippen LogP contribution in [0, 0.1) is 18.8 Å². The van der Waals surface area contributed by atoms with Crippen LogP contribution in [0.3, 0.4) is 0 Å². The van der Waals surface area contributed by atoms with Gasteiger partial charge in [0.2, 0.25) is 0 Å². The van der Waals surface area contributed by atoms with Gasteiger partial charge in [0.25, 0.3) is 5.91 Å². The Balaban J connectivity index is 1.96. The molecule has 0 spiro atoms. The normalized spacial score (nSPS) is 11.6. The van der Waals surface area contributed by atoms with E-state index in [1.165, 1.54) is 4.90 Å². The van der Waals surface area contributed by atoms with Crippen LogP contribution in [-0.2, 0) is 4.79 Å². The van der Waals surface area contributed by atoms with Gasteiger partial charge in [-0.15, -0.1) is 0 Å².